The Balaban J connectivity index is 1.92. The maximum Gasteiger partial charge on any atom is 0.261 e. The molecule has 1 N–H and O–H groups in total. The van der Waals surface area contributed by atoms with Gasteiger partial charge in [0.05, 0.1) is 10.6 Å². The van der Waals surface area contributed by atoms with Crippen LogP contribution in [0.15, 0.2) is 83.8 Å². The number of sulfonamides is 1. The van der Waals surface area contributed by atoms with Gasteiger partial charge in [0.2, 0.25) is 0 Å². The monoisotopic (exact) mass is 379 g/mol. The van der Waals surface area contributed by atoms with Crippen LogP contribution in [0.1, 0.15) is 32.8 Å². The lowest BCUT2D eigenvalue weighted by Crippen LogP contribution is -2.17. The highest BCUT2D eigenvalue weighted by atomic mass is 32.2. The van der Waals surface area contributed by atoms with Gasteiger partial charge in [0.1, 0.15) is 0 Å². The average molecular weight is 380 g/mol. The molecule has 3 nitrogen and oxygen atoms in total. The molecule has 0 fully saturated rings. The van der Waals surface area contributed by atoms with E-state index in [9.17, 15) is 8.42 Å². The SMILES string of the molecule is CCC(C)(C)c1ccc(S(=O)(=O)Nc2ccccc2-c2ccccc2)cc1. The molecule has 0 heterocycles. The first-order chi connectivity index (χ1) is 12.8. The van der Waals surface area contributed by atoms with Crippen LogP contribution in [-0.4, -0.2) is 8.42 Å². The first kappa shape index (κ1) is 19.2. The maximum absolute atomic E-state index is 12.9. The van der Waals surface area contributed by atoms with E-state index in [2.05, 4.69) is 25.5 Å². The van der Waals surface area contributed by atoms with E-state index in [1.165, 1.54) is 0 Å². The van der Waals surface area contributed by atoms with Crippen molar-refractivity contribution in [2.75, 3.05) is 4.72 Å². The summed E-state index contributed by atoms with van der Waals surface area (Å²) in [6.45, 7) is 6.45. The number of rotatable bonds is 6. The summed E-state index contributed by atoms with van der Waals surface area (Å²) < 4.78 is 28.6. The summed E-state index contributed by atoms with van der Waals surface area (Å²) in [5, 5.41) is 0. The first-order valence-corrected chi connectivity index (χ1v) is 10.6. The number of benzene rings is 3. The van der Waals surface area contributed by atoms with Crippen molar-refractivity contribution in [3.05, 3.63) is 84.4 Å². The Morgan fingerprint density at radius 2 is 1.41 bits per heavy atom. The van der Waals surface area contributed by atoms with Crippen LogP contribution in [0, 0.1) is 0 Å². The molecule has 0 radical (unpaired) electrons. The Bertz CT molecular complexity index is 1010. The summed E-state index contributed by atoms with van der Waals surface area (Å²) >= 11 is 0. The van der Waals surface area contributed by atoms with Crippen molar-refractivity contribution in [2.45, 2.75) is 37.5 Å². The molecule has 0 spiro atoms. The molecule has 0 aromatic heterocycles. The van der Waals surface area contributed by atoms with Crippen molar-refractivity contribution in [1.29, 1.82) is 0 Å². The van der Waals surface area contributed by atoms with E-state index in [1.807, 2.05) is 60.7 Å². The quantitative estimate of drug-likeness (QED) is 0.584. The molecule has 0 bridgehead atoms. The fourth-order valence-corrected chi connectivity index (χ4v) is 4.01. The summed E-state index contributed by atoms with van der Waals surface area (Å²) in [5.74, 6) is 0. The molecule has 3 aromatic rings. The van der Waals surface area contributed by atoms with E-state index in [4.69, 9.17) is 0 Å². The highest BCUT2D eigenvalue weighted by molar-refractivity contribution is 7.92. The molecule has 0 amide bonds. The molecule has 140 valence electrons. The summed E-state index contributed by atoms with van der Waals surface area (Å²) in [5.41, 5.74) is 3.55. The maximum atomic E-state index is 12.9. The van der Waals surface area contributed by atoms with Crippen molar-refractivity contribution in [1.82, 2.24) is 0 Å². The Morgan fingerprint density at radius 3 is 2.04 bits per heavy atom. The van der Waals surface area contributed by atoms with Gasteiger partial charge in [-0.25, -0.2) is 8.42 Å². The minimum Gasteiger partial charge on any atom is -0.279 e. The molecule has 0 unspecified atom stereocenters. The second kappa shape index (κ2) is 7.57. The Labute approximate surface area is 162 Å². The smallest absolute Gasteiger partial charge is 0.261 e. The summed E-state index contributed by atoms with van der Waals surface area (Å²) in [7, 11) is -3.66. The zero-order chi connectivity index (χ0) is 19.5. The highest BCUT2D eigenvalue weighted by Gasteiger charge is 2.20. The first-order valence-electron chi connectivity index (χ1n) is 9.11. The number of nitrogens with one attached hydrogen (secondary N) is 1. The van der Waals surface area contributed by atoms with Crippen molar-refractivity contribution in [2.24, 2.45) is 0 Å². The number of hydrogen-bond acceptors (Lipinski definition) is 2. The van der Waals surface area contributed by atoms with Gasteiger partial charge in [-0.3, -0.25) is 4.72 Å². The van der Waals surface area contributed by atoms with Crippen LogP contribution >= 0.6 is 0 Å². The normalized spacial score (nSPS) is 12.0. The molecule has 0 aliphatic carbocycles. The highest BCUT2D eigenvalue weighted by Crippen LogP contribution is 2.31. The molecule has 3 rings (SSSR count). The molecular weight excluding hydrogens is 354 g/mol. The largest absolute Gasteiger partial charge is 0.279 e. The summed E-state index contributed by atoms with van der Waals surface area (Å²) in [6.07, 6.45) is 0.988. The zero-order valence-corrected chi connectivity index (χ0v) is 16.8. The molecule has 0 aliphatic heterocycles. The zero-order valence-electron chi connectivity index (χ0n) is 15.9. The fourth-order valence-electron chi connectivity index (χ4n) is 2.93. The van der Waals surface area contributed by atoms with Crippen LogP contribution in [0.4, 0.5) is 5.69 Å². The molecule has 0 saturated carbocycles. The molecular formula is C23H25NO2S. The van der Waals surface area contributed by atoms with Gasteiger partial charge >= 0.3 is 0 Å². The van der Waals surface area contributed by atoms with Crippen LogP contribution in [-0.2, 0) is 15.4 Å². The van der Waals surface area contributed by atoms with Crippen molar-refractivity contribution < 1.29 is 8.42 Å². The lowest BCUT2D eigenvalue weighted by Gasteiger charge is -2.23. The van der Waals surface area contributed by atoms with E-state index in [1.54, 1.807) is 18.2 Å². The molecule has 0 atom stereocenters. The Hall–Kier alpha value is -2.59. The van der Waals surface area contributed by atoms with Crippen LogP contribution in [0.25, 0.3) is 11.1 Å². The van der Waals surface area contributed by atoms with Gasteiger partial charge in [-0.05, 0) is 41.2 Å². The van der Waals surface area contributed by atoms with E-state index in [0.29, 0.717) is 5.69 Å². The van der Waals surface area contributed by atoms with Gasteiger partial charge in [-0.15, -0.1) is 0 Å². The molecule has 0 aliphatic rings. The van der Waals surface area contributed by atoms with Gasteiger partial charge in [-0.2, -0.15) is 0 Å². The molecule has 4 heteroatoms. The van der Waals surface area contributed by atoms with Gasteiger partial charge in [0.15, 0.2) is 0 Å². The average Bonchev–Trinajstić information content (AvgIpc) is 2.69. The van der Waals surface area contributed by atoms with Gasteiger partial charge in [0, 0.05) is 5.56 Å². The number of hydrogen-bond donors (Lipinski definition) is 1. The van der Waals surface area contributed by atoms with Gasteiger partial charge in [-0.1, -0.05) is 81.4 Å². The van der Waals surface area contributed by atoms with Crippen molar-refractivity contribution in [3.63, 3.8) is 0 Å². The number of para-hydroxylation sites is 1. The standard InChI is InChI=1S/C23H25NO2S/c1-4-23(2,3)19-14-16-20(17-15-19)27(25,26)24-22-13-9-8-12-21(22)18-10-6-5-7-11-18/h5-17,24H,4H2,1-3H3. The third-order valence-electron chi connectivity index (χ3n) is 5.09. The molecule has 27 heavy (non-hydrogen) atoms. The fraction of sp³-hybridized carbons (Fsp3) is 0.217. The minimum atomic E-state index is -3.66. The predicted molar refractivity (Wildman–Crippen MR) is 112 cm³/mol. The Kier molecular flexibility index (Phi) is 5.38. The third-order valence-corrected chi connectivity index (χ3v) is 6.47. The second-order valence-corrected chi connectivity index (χ2v) is 8.96. The Morgan fingerprint density at radius 1 is 0.815 bits per heavy atom. The summed E-state index contributed by atoms with van der Waals surface area (Å²) in [4.78, 5) is 0.265. The lowest BCUT2D eigenvalue weighted by atomic mass is 9.82. The van der Waals surface area contributed by atoms with Crippen LogP contribution in [0.2, 0.25) is 0 Å². The third kappa shape index (κ3) is 4.22. The summed E-state index contributed by atoms with van der Waals surface area (Å²) in [6, 6.07) is 24.4. The van der Waals surface area contributed by atoms with Crippen LogP contribution in [0.3, 0.4) is 0 Å². The topological polar surface area (TPSA) is 46.2 Å². The van der Waals surface area contributed by atoms with Gasteiger partial charge < -0.3 is 0 Å². The molecule has 3 aromatic carbocycles. The minimum absolute atomic E-state index is 0.0234. The second-order valence-electron chi connectivity index (χ2n) is 7.28. The molecule has 0 saturated heterocycles. The van der Waals surface area contributed by atoms with Crippen LogP contribution < -0.4 is 4.72 Å². The number of anilines is 1. The lowest BCUT2D eigenvalue weighted by molar-refractivity contribution is 0.506. The van der Waals surface area contributed by atoms with Crippen molar-refractivity contribution in [3.8, 4) is 11.1 Å². The predicted octanol–water partition coefficient (Wildman–Crippen LogP) is 5.84. The van der Waals surface area contributed by atoms with Crippen molar-refractivity contribution >= 4 is 15.7 Å². The van der Waals surface area contributed by atoms with E-state index in [-0.39, 0.29) is 10.3 Å². The van der Waals surface area contributed by atoms with Crippen LogP contribution in [0.5, 0.6) is 0 Å². The van der Waals surface area contributed by atoms with E-state index < -0.39 is 10.0 Å². The van der Waals surface area contributed by atoms with E-state index >= 15 is 0 Å². The van der Waals surface area contributed by atoms with Gasteiger partial charge in [0.25, 0.3) is 10.0 Å². The van der Waals surface area contributed by atoms with E-state index in [0.717, 1.165) is 23.1 Å².